The van der Waals surface area contributed by atoms with Gasteiger partial charge in [0.05, 0.1) is 11.8 Å². The first-order chi connectivity index (χ1) is 7.00. The van der Waals surface area contributed by atoms with Gasteiger partial charge in [-0.25, -0.2) is 4.39 Å². The van der Waals surface area contributed by atoms with Crippen LogP contribution in [0.25, 0.3) is 0 Å². The van der Waals surface area contributed by atoms with Crippen molar-refractivity contribution in [1.29, 1.82) is 0 Å². The summed E-state index contributed by atoms with van der Waals surface area (Å²) in [5.41, 5.74) is 5.51. The van der Waals surface area contributed by atoms with Crippen LogP contribution in [-0.2, 0) is 0 Å². The van der Waals surface area contributed by atoms with Gasteiger partial charge >= 0.3 is 0 Å². The average Bonchev–Trinajstić information content (AvgIpc) is 2.18. The lowest BCUT2D eigenvalue weighted by molar-refractivity contribution is 0.0924. The first-order valence-electron chi connectivity index (χ1n) is 4.52. The van der Waals surface area contributed by atoms with E-state index in [1.54, 1.807) is 6.92 Å². The van der Waals surface area contributed by atoms with Gasteiger partial charge in [-0.1, -0.05) is 0 Å². The Labute approximate surface area is 86.9 Å². The van der Waals surface area contributed by atoms with Crippen LogP contribution in [0.4, 0.5) is 10.1 Å². The molecule has 0 radical (unpaired) electrons. The van der Waals surface area contributed by atoms with Crippen molar-refractivity contribution < 1.29 is 14.3 Å². The van der Waals surface area contributed by atoms with E-state index < -0.39 is 11.9 Å². The lowest BCUT2D eigenvalue weighted by Crippen LogP contribution is -2.30. The molecule has 0 fully saturated rings. The number of hydrogen-bond donors (Lipinski definition) is 3. The number of nitrogens with two attached hydrogens (primary N) is 1. The molecule has 4 N–H and O–H groups in total. The quantitative estimate of drug-likeness (QED) is 0.639. The van der Waals surface area contributed by atoms with E-state index in [0.29, 0.717) is 0 Å². The van der Waals surface area contributed by atoms with E-state index in [-0.39, 0.29) is 23.7 Å². The Morgan fingerprint density at radius 3 is 2.87 bits per heavy atom. The summed E-state index contributed by atoms with van der Waals surface area (Å²) in [6, 6.07) is 3.72. The number of amides is 1. The van der Waals surface area contributed by atoms with E-state index in [4.69, 9.17) is 10.8 Å². The molecule has 1 amide bonds. The number of carbonyl (C=O) groups excluding carboxylic acids is 1. The van der Waals surface area contributed by atoms with Gasteiger partial charge in [-0.3, -0.25) is 4.79 Å². The number of rotatable bonds is 3. The van der Waals surface area contributed by atoms with Gasteiger partial charge in [0.15, 0.2) is 0 Å². The fraction of sp³-hybridized carbons (Fsp3) is 0.300. The van der Waals surface area contributed by atoms with Crippen molar-refractivity contribution in [2.45, 2.75) is 13.0 Å². The highest BCUT2D eigenvalue weighted by molar-refractivity contribution is 5.95. The topological polar surface area (TPSA) is 75.3 Å². The summed E-state index contributed by atoms with van der Waals surface area (Å²) in [5.74, 6) is -0.940. The van der Waals surface area contributed by atoms with Gasteiger partial charge < -0.3 is 16.2 Å². The fourth-order valence-electron chi connectivity index (χ4n) is 1.03. The van der Waals surface area contributed by atoms with E-state index >= 15 is 0 Å². The molecule has 1 unspecified atom stereocenters. The van der Waals surface area contributed by atoms with Gasteiger partial charge in [0, 0.05) is 12.1 Å². The van der Waals surface area contributed by atoms with Crippen molar-refractivity contribution in [2.75, 3.05) is 12.3 Å². The Hall–Kier alpha value is -1.62. The second-order valence-corrected chi connectivity index (χ2v) is 3.30. The van der Waals surface area contributed by atoms with E-state index in [1.807, 2.05) is 0 Å². The van der Waals surface area contributed by atoms with Crippen LogP contribution in [0.1, 0.15) is 17.3 Å². The SMILES string of the molecule is CC(O)CNC(=O)c1ccc(F)c(N)c1. The summed E-state index contributed by atoms with van der Waals surface area (Å²) >= 11 is 0. The maximum absolute atomic E-state index is 12.8. The molecule has 1 aromatic rings. The molecule has 1 rings (SSSR count). The van der Waals surface area contributed by atoms with Crippen LogP contribution in [0.5, 0.6) is 0 Å². The van der Waals surface area contributed by atoms with Gasteiger partial charge in [-0.2, -0.15) is 0 Å². The van der Waals surface area contributed by atoms with Crippen molar-refractivity contribution in [3.8, 4) is 0 Å². The third-order valence-corrected chi connectivity index (χ3v) is 1.82. The van der Waals surface area contributed by atoms with Crippen LogP contribution in [0.15, 0.2) is 18.2 Å². The number of nitrogens with one attached hydrogen (secondary N) is 1. The molecule has 4 nitrogen and oxygen atoms in total. The molecule has 1 atom stereocenters. The number of aliphatic hydroxyl groups excluding tert-OH is 1. The smallest absolute Gasteiger partial charge is 0.251 e. The number of nitrogen functional groups attached to an aromatic ring is 1. The van der Waals surface area contributed by atoms with E-state index in [1.165, 1.54) is 12.1 Å². The van der Waals surface area contributed by atoms with Gasteiger partial charge in [0.25, 0.3) is 5.91 Å². The highest BCUT2D eigenvalue weighted by atomic mass is 19.1. The zero-order chi connectivity index (χ0) is 11.4. The van der Waals surface area contributed by atoms with Crippen molar-refractivity contribution in [2.24, 2.45) is 0 Å². The van der Waals surface area contributed by atoms with Gasteiger partial charge in [0.2, 0.25) is 0 Å². The van der Waals surface area contributed by atoms with E-state index in [9.17, 15) is 9.18 Å². The molecule has 0 aliphatic heterocycles. The molecular weight excluding hydrogens is 199 g/mol. The average molecular weight is 212 g/mol. The van der Waals surface area contributed by atoms with Crippen molar-refractivity contribution in [1.82, 2.24) is 5.32 Å². The number of halogens is 1. The summed E-state index contributed by atoms with van der Waals surface area (Å²) < 4.78 is 12.8. The normalized spacial score (nSPS) is 12.2. The Bertz CT molecular complexity index is 366. The number of hydrogen-bond acceptors (Lipinski definition) is 3. The molecule has 0 bridgehead atoms. The predicted octanol–water partition coefficient (Wildman–Crippen LogP) is 0.519. The maximum Gasteiger partial charge on any atom is 0.251 e. The summed E-state index contributed by atoms with van der Waals surface area (Å²) in [6.45, 7) is 1.70. The molecule has 1 aromatic carbocycles. The summed E-state index contributed by atoms with van der Waals surface area (Å²) in [7, 11) is 0. The van der Waals surface area contributed by atoms with E-state index in [2.05, 4.69) is 5.32 Å². The molecule has 82 valence electrons. The summed E-state index contributed by atoms with van der Waals surface area (Å²) in [5, 5.41) is 11.4. The second kappa shape index (κ2) is 4.75. The Morgan fingerprint density at radius 2 is 2.33 bits per heavy atom. The number of aliphatic hydroxyl groups is 1. The Balaban J connectivity index is 2.70. The van der Waals surface area contributed by atoms with Crippen LogP contribution in [0.2, 0.25) is 0 Å². The maximum atomic E-state index is 12.8. The number of benzene rings is 1. The summed E-state index contributed by atoms with van der Waals surface area (Å²) in [6.07, 6.45) is -0.619. The highest BCUT2D eigenvalue weighted by Crippen LogP contribution is 2.11. The molecule has 0 spiro atoms. The standard InChI is InChI=1S/C10H13FN2O2/c1-6(14)5-13-10(15)7-2-3-8(11)9(12)4-7/h2-4,6,14H,5,12H2,1H3,(H,13,15). The Kier molecular flexibility index (Phi) is 3.62. The minimum atomic E-state index is -0.619. The summed E-state index contributed by atoms with van der Waals surface area (Å²) in [4.78, 5) is 11.4. The van der Waals surface area contributed by atoms with Gasteiger partial charge in [-0.05, 0) is 25.1 Å². The predicted molar refractivity (Wildman–Crippen MR) is 54.8 cm³/mol. The molecular formula is C10H13FN2O2. The van der Waals surface area contributed by atoms with Crippen molar-refractivity contribution in [3.63, 3.8) is 0 Å². The third kappa shape index (κ3) is 3.21. The lowest BCUT2D eigenvalue weighted by Gasteiger charge is -2.07. The number of anilines is 1. The molecule has 5 heteroatoms. The van der Waals surface area contributed by atoms with Crippen LogP contribution < -0.4 is 11.1 Å². The molecule has 0 saturated carbocycles. The van der Waals surface area contributed by atoms with Crippen molar-refractivity contribution in [3.05, 3.63) is 29.6 Å². The minimum Gasteiger partial charge on any atom is -0.396 e. The monoisotopic (exact) mass is 212 g/mol. The van der Waals surface area contributed by atoms with E-state index in [0.717, 1.165) is 6.07 Å². The van der Waals surface area contributed by atoms with Crippen LogP contribution in [0.3, 0.4) is 0 Å². The largest absolute Gasteiger partial charge is 0.396 e. The van der Waals surface area contributed by atoms with Crippen LogP contribution in [-0.4, -0.2) is 23.7 Å². The van der Waals surface area contributed by atoms with Gasteiger partial charge in [-0.15, -0.1) is 0 Å². The molecule has 0 aliphatic rings. The fourth-order valence-corrected chi connectivity index (χ4v) is 1.03. The van der Waals surface area contributed by atoms with Crippen LogP contribution in [0, 0.1) is 5.82 Å². The lowest BCUT2D eigenvalue weighted by atomic mass is 10.2. The third-order valence-electron chi connectivity index (χ3n) is 1.82. The number of carbonyl (C=O) groups is 1. The first-order valence-corrected chi connectivity index (χ1v) is 4.52. The molecule has 0 heterocycles. The molecule has 0 aliphatic carbocycles. The second-order valence-electron chi connectivity index (χ2n) is 3.30. The first kappa shape index (κ1) is 11.5. The molecule has 15 heavy (non-hydrogen) atoms. The Morgan fingerprint density at radius 1 is 1.67 bits per heavy atom. The molecule has 0 saturated heterocycles. The molecule has 0 aromatic heterocycles. The van der Waals surface area contributed by atoms with Crippen molar-refractivity contribution >= 4 is 11.6 Å². The van der Waals surface area contributed by atoms with Crippen LogP contribution >= 0.6 is 0 Å². The minimum absolute atomic E-state index is 0.0697. The zero-order valence-electron chi connectivity index (χ0n) is 8.33. The van der Waals surface area contributed by atoms with Gasteiger partial charge in [0.1, 0.15) is 5.82 Å². The highest BCUT2D eigenvalue weighted by Gasteiger charge is 2.08. The zero-order valence-corrected chi connectivity index (χ0v) is 8.33.